The second-order valence-electron chi connectivity index (χ2n) is 4.84. The van der Waals surface area contributed by atoms with E-state index >= 15 is 0 Å². The maximum Gasteiger partial charge on any atom is 0.0921 e. The summed E-state index contributed by atoms with van der Waals surface area (Å²) in [5, 5.41) is 7.45. The van der Waals surface area contributed by atoms with Crippen LogP contribution >= 0.6 is 0 Å². The third kappa shape index (κ3) is 3.56. The Morgan fingerprint density at radius 3 is 2.76 bits per heavy atom. The summed E-state index contributed by atoms with van der Waals surface area (Å²) in [4.78, 5) is 2.47. The van der Waals surface area contributed by atoms with E-state index in [1.54, 1.807) is 0 Å². The molecule has 1 saturated heterocycles. The molecule has 1 heterocycles. The first-order valence-electron chi connectivity index (χ1n) is 6.36. The first-order chi connectivity index (χ1) is 8.25. The number of piperidine rings is 1. The molecular formula is C14H21N3. The Kier molecular flexibility index (Phi) is 4.15. The number of nitrogens with two attached hydrogens (primary N) is 1. The second-order valence-corrected chi connectivity index (χ2v) is 4.84. The molecule has 0 saturated carbocycles. The number of hydrogen-bond acceptors (Lipinski definition) is 2. The predicted molar refractivity (Wildman–Crippen MR) is 71.0 cm³/mol. The maximum absolute atomic E-state index is 7.45. The van der Waals surface area contributed by atoms with Crippen LogP contribution in [0.5, 0.6) is 0 Å². The van der Waals surface area contributed by atoms with Gasteiger partial charge in [0.25, 0.3) is 0 Å². The van der Waals surface area contributed by atoms with Crippen LogP contribution in [0, 0.1) is 5.41 Å². The Morgan fingerprint density at radius 1 is 1.29 bits per heavy atom. The zero-order chi connectivity index (χ0) is 12.1. The van der Waals surface area contributed by atoms with Gasteiger partial charge in [0.2, 0.25) is 0 Å². The van der Waals surface area contributed by atoms with Gasteiger partial charge in [-0.25, -0.2) is 0 Å². The normalized spacial score (nSPS) is 21.3. The van der Waals surface area contributed by atoms with Gasteiger partial charge in [-0.05, 0) is 24.9 Å². The van der Waals surface area contributed by atoms with Crippen LogP contribution in [0.4, 0.5) is 0 Å². The minimum absolute atomic E-state index is 0.315. The van der Waals surface area contributed by atoms with Gasteiger partial charge in [0, 0.05) is 19.0 Å². The molecule has 1 atom stereocenters. The Bertz CT molecular complexity index is 361. The van der Waals surface area contributed by atoms with Gasteiger partial charge in [-0.2, -0.15) is 0 Å². The lowest BCUT2D eigenvalue weighted by Gasteiger charge is -2.35. The van der Waals surface area contributed by atoms with Gasteiger partial charge >= 0.3 is 0 Å². The number of likely N-dealkylation sites (tertiary alicyclic amines) is 1. The summed E-state index contributed by atoms with van der Waals surface area (Å²) in [6.07, 6.45) is 4.42. The second kappa shape index (κ2) is 5.82. The van der Waals surface area contributed by atoms with Crippen LogP contribution in [0.15, 0.2) is 30.3 Å². The molecule has 2 rings (SSSR count). The van der Waals surface area contributed by atoms with E-state index in [1.807, 2.05) is 6.07 Å². The lowest BCUT2D eigenvalue weighted by atomic mass is 9.98. The molecule has 3 nitrogen and oxygen atoms in total. The van der Waals surface area contributed by atoms with Gasteiger partial charge in [-0.3, -0.25) is 10.3 Å². The van der Waals surface area contributed by atoms with Gasteiger partial charge in [-0.15, -0.1) is 0 Å². The Hall–Kier alpha value is -1.35. The smallest absolute Gasteiger partial charge is 0.0921 e. The summed E-state index contributed by atoms with van der Waals surface area (Å²) in [5.41, 5.74) is 6.89. The molecular weight excluding hydrogens is 210 g/mol. The molecule has 0 aliphatic carbocycles. The summed E-state index contributed by atoms with van der Waals surface area (Å²) in [7, 11) is 0. The molecule has 0 bridgehead atoms. The van der Waals surface area contributed by atoms with Crippen LogP contribution in [-0.4, -0.2) is 23.3 Å². The monoisotopic (exact) mass is 231 g/mol. The molecule has 17 heavy (non-hydrogen) atoms. The van der Waals surface area contributed by atoms with Crippen molar-refractivity contribution >= 4 is 5.84 Å². The Balaban J connectivity index is 1.99. The van der Waals surface area contributed by atoms with E-state index in [2.05, 4.69) is 29.2 Å². The van der Waals surface area contributed by atoms with Crippen molar-refractivity contribution in [2.75, 3.05) is 6.54 Å². The quantitative estimate of drug-likeness (QED) is 0.617. The van der Waals surface area contributed by atoms with Crippen molar-refractivity contribution in [3.63, 3.8) is 0 Å². The SMILES string of the molecule is N=C(N)CC1CCCCN1Cc1ccccc1. The Labute approximate surface area is 103 Å². The Morgan fingerprint density at radius 2 is 2.06 bits per heavy atom. The highest BCUT2D eigenvalue weighted by molar-refractivity contribution is 5.77. The van der Waals surface area contributed by atoms with Gasteiger partial charge in [0.05, 0.1) is 5.84 Å². The van der Waals surface area contributed by atoms with Crippen LogP contribution < -0.4 is 5.73 Å². The van der Waals surface area contributed by atoms with Gasteiger partial charge in [0.1, 0.15) is 0 Å². The number of nitrogens with zero attached hydrogens (tertiary/aromatic N) is 1. The van der Waals surface area contributed by atoms with Gasteiger partial charge in [-0.1, -0.05) is 36.8 Å². The minimum atomic E-state index is 0.315. The van der Waals surface area contributed by atoms with E-state index in [0.717, 1.165) is 13.1 Å². The zero-order valence-electron chi connectivity index (χ0n) is 10.2. The molecule has 1 aromatic carbocycles. The van der Waals surface area contributed by atoms with Crippen molar-refractivity contribution < 1.29 is 0 Å². The molecule has 92 valence electrons. The van der Waals surface area contributed by atoms with E-state index in [-0.39, 0.29) is 0 Å². The molecule has 1 aliphatic heterocycles. The topological polar surface area (TPSA) is 53.1 Å². The van der Waals surface area contributed by atoms with E-state index < -0.39 is 0 Å². The standard InChI is InChI=1S/C14H21N3/c15-14(16)10-13-8-4-5-9-17(13)11-12-6-2-1-3-7-12/h1-3,6-7,13H,4-5,8-11H2,(H3,15,16). The third-order valence-corrected chi connectivity index (χ3v) is 3.43. The highest BCUT2D eigenvalue weighted by atomic mass is 15.2. The van der Waals surface area contributed by atoms with Crippen molar-refractivity contribution in [2.24, 2.45) is 5.73 Å². The van der Waals surface area contributed by atoms with E-state index in [1.165, 1.54) is 24.8 Å². The third-order valence-electron chi connectivity index (χ3n) is 3.43. The summed E-state index contributed by atoms with van der Waals surface area (Å²) >= 11 is 0. The molecule has 1 unspecified atom stereocenters. The van der Waals surface area contributed by atoms with E-state index in [0.29, 0.717) is 18.3 Å². The van der Waals surface area contributed by atoms with Crippen LogP contribution in [0.25, 0.3) is 0 Å². The van der Waals surface area contributed by atoms with Crippen LogP contribution in [0.1, 0.15) is 31.2 Å². The van der Waals surface area contributed by atoms with Gasteiger partial charge in [0.15, 0.2) is 0 Å². The fourth-order valence-electron chi connectivity index (χ4n) is 2.57. The number of nitrogens with one attached hydrogen (secondary N) is 1. The van der Waals surface area contributed by atoms with Crippen molar-refractivity contribution in [1.29, 1.82) is 5.41 Å². The molecule has 3 N–H and O–H groups in total. The summed E-state index contributed by atoms with van der Waals surface area (Å²) < 4.78 is 0. The number of amidine groups is 1. The van der Waals surface area contributed by atoms with Crippen molar-refractivity contribution in [3.05, 3.63) is 35.9 Å². The van der Waals surface area contributed by atoms with Crippen LogP contribution in [-0.2, 0) is 6.54 Å². The molecule has 0 spiro atoms. The van der Waals surface area contributed by atoms with Crippen molar-refractivity contribution in [1.82, 2.24) is 4.90 Å². The van der Waals surface area contributed by atoms with E-state index in [9.17, 15) is 0 Å². The number of hydrogen-bond donors (Lipinski definition) is 2. The molecule has 0 aromatic heterocycles. The fraction of sp³-hybridized carbons (Fsp3) is 0.500. The maximum atomic E-state index is 7.45. The number of rotatable bonds is 4. The highest BCUT2D eigenvalue weighted by Gasteiger charge is 2.22. The first kappa shape index (κ1) is 12.1. The predicted octanol–water partition coefficient (Wildman–Crippen LogP) is 2.37. The molecule has 0 amide bonds. The summed E-state index contributed by atoms with van der Waals surface area (Å²) in [6.45, 7) is 2.12. The molecule has 1 aromatic rings. The van der Waals surface area contributed by atoms with Gasteiger partial charge < -0.3 is 5.73 Å². The van der Waals surface area contributed by atoms with Crippen LogP contribution in [0.2, 0.25) is 0 Å². The molecule has 1 aliphatic rings. The average molecular weight is 231 g/mol. The minimum Gasteiger partial charge on any atom is -0.388 e. The summed E-state index contributed by atoms with van der Waals surface area (Å²) in [6, 6.07) is 11.0. The highest BCUT2D eigenvalue weighted by Crippen LogP contribution is 2.21. The van der Waals surface area contributed by atoms with E-state index in [4.69, 9.17) is 11.1 Å². The van der Waals surface area contributed by atoms with Crippen LogP contribution in [0.3, 0.4) is 0 Å². The fourth-order valence-corrected chi connectivity index (χ4v) is 2.57. The first-order valence-corrected chi connectivity index (χ1v) is 6.36. The zero-order valence-corrected chi connectivity index (χ0v) is 10.2. The average Bonchev–Trinajstić information content (AvgIpc) is 2.32. The van der Waals surface area contributed by atoms with Crippen molar-refractivity contribution in [2.45, 2.75) is 38.3 Å². The largest absolute Gasteiger partial charge is 0.388 e. The summed E-state index contributed by atoms with van der Waals surface area (Å²) in [5.74, 6) is 0.315. The molecule has 1 fully saturated rings. The number of benzene rings is 1. The molecule has 0 radical (unpaired) electrons. The lowest BCUT2D eigenvalue weighted by Crippen LogP contribution is -2.41. The molecule has 3 heteroatoms. The lowest BCUT2D eigenvalue weighted by molar-refractivity contribution is 0.144. The van der Waals surface area contributed by atoms with Crippen molar-refractivity contribution in [3.8, 4) is 0 Å².